The van der Waals surface area contributed by atoms with Crippen LogP contribution in [0.4, 0.5) is 0 Å². The third kappa shape index (κ3) is 1.98. The number of rotatable bonds is 2. The predicted octanol–water partition coefficient (Wildman–Crippen LogP) is 2.92. The molecule has 1 saturated carbocycles. The van der Waals surface area contributed by atoms with Gasteiger partial charge >= 0.3 is 0 Å². The highest BCUT2D eigenvalue weighted by molar-refractivity contribution is 5.20. The zero-order valence-corrected chi connectivity index (χ0v) is 8.65. The van der Waals surface area contributed by atoms with Crippen molar-refractivity contribution in [2.75, 3.05) is 6.54 Å². The van der Waals surface area contributed by atoms with E-state index < -0.39 is 0 Å². The summed E-state index contributed by atoms with van der Waals surface area (Å²) < 4.78 is 0. The average molecular weight is 189 g/mol. The van der Waals surface area contributed by atoms with Gasteiger partial charge in [0.15, 0.2) is 0 Å². The molecule has 76 valence electrons. The number of nitrogens with two attached hydrogens (primary N) is 1. The van der Waals surface area contributed by atoms with Crippen molar-refractivity contribution in [1.29, 1.82) is 0 Å². The molecule has 0 radical (unpaired) electrons. The Morgan fingerprint density at radius 2 is 1.79 bits per heavy atom. The topological polar surface area (TPSA) is 26.0 Å². The van der Waals surface area contributed by atoms with Gasteiger partial charge in [-0.3, -0.25) is 0 Å². The van der Waals surface area contributed by atoms with Gasteiger partial charge in [0.1, 0.15) is 0 Å². The maximum Gasteiger partial charge on any atom is -0.00430 e. The zero-order chi connectivity index (χ0) is 9.80. The fourth-order valence-corrected chi connectivity index (χ4v) is 2.63. The van der Waals surface area contributed by atoms with Crippen LogP contribution < -0.4 is 5.73 Å². The summed E-state index contributed by atoms with van der Waals surface area (Å²) in [5.41, 5.74) is 7.32. The first-order valence-electron chi connectivity index (χ1n) is 5.67. The lowest BCUT2D eigenvalue weighted by atomic mass is 9.75. The van der Waals surface area contributed by atoms with Crippen molar-refractivity contribution < 1.29 is 0 Å². The Hall–Kier alpha value is -0.820. The van der Waals surface area contributed by atoms with Gasteiger partial charge in [0.05, 0.1) is 0 Å². The monoisotopic (exact) mass is 189 g/mol. The lowest BCUT2D eigenvalue weighted by molar-refractivity contribution is 0.314. The van der Waals surface area contributed by atoms with Crippen molar-refractivity contribution in [1.82, 2.24) is 0 Å². The summed E-state index contributed by atoms with van der Waals surface area (Å²) in [7, 11) is 0. The van der Waals surface area contributed by atoms with E-state index in [2.05, 4.69) is 30.3 Å². The first-order chi connectivity index (χ1) is 6.92. The number of hydrogen-bond donors (Lipinski definition) is 1. The SMILES string of the molecule is NCC1CCCCC1c1ccccc1. The lowest BCUT2D eigenvalue weighted by Gasteiger charge is -2.30. The van der Waals surface area contributed by atoms with E-state index in [4.69, 9.17) is 5.73 Å². The number of benzene rings is 1. The van der Waals surface area contributed by atoms with E-state index in [1.54, 1.807) is 0 Å². The second-order valence-corrected chi connectivity index (χ2v) is 4.30. The highest BCUT2D eigenvalue weighted by Gasteiger charge is 2.24. The standard InChI is InChI=1S/C13H19N/c14-10-12-8-4-5-9-13(12)11-6-2-1-3-7-11/h1-3,6-7,12-13H,4-5,8-10,14H2. The Kier molecular flexibility index (Phi) is 3.20. The molecule has 1 aliphatic rings. The van der Waals surface area contributed by atoms with Crippen molar-refractivity contribution in [2.24, 2.45) is 11.7 Å². The van der Waals surface area contributed by atoms with Crippen LogP contribution >= 0.6 is 0 Å². The fourth-order valence-electron chi connectivity index (χ4n) is 2.63. The molecule has 1 aliphatic carbocycles. The Morgan fingerprint density at radius 1 is 1.07 bits per heavy atom. The molecule has 0 bridgehead atoms. The molecule has 0 aromatic heterocycles. The van der Waals surface area contributed by atoms with Crippen LogP contribution in [0.2, 0.25) is 0 Å². The van der Waals surface area contributed by atoms with Crippen molar-refractivity contribution in [3.63, 3.8) is 0 Å². The van der Waals surface area contributed by atoms with Crippen molar-refractivity contribution in [3.8, 4) is 0 Å². The molecule has 14 heavy (non-hydrogen) atoms. The minimum absolute atomic E-state index is 0.714. The van der Waals surface area contributed by atoms with Crippen LogP contribution in [0.5, 0.6) is 0 Å². The number of hydrogen-bond acceptors (Lipinski definition) is 1. The van der Waals surface area contributed by atoms with E-state index in [1.165, 1.54) is 31.2 Å². The van der Waals surface area contributed by atoms with Gasteiger partial charge < -0.3 is 5.73 Å². The molecule has 1 fully saturated rings. The Labute approximate surface area is 86.3 Å². The summed E-state index contributed by atoms with van der Waals surface area (Å²) >= 11 is 0. The minimum Gasteiger partial charge on any atom is -0.330 e. The Balaban J connectivity index is 2.15. The molecule has 0 saturated heterocycles. The van der Waals surface area contributed by atoms with Crippen molar-refractivity contribution in [3.05, 3.63) is 35.9 Å². The van der Waals surface area contributed by atoms with Gasteiger partial charge in [0.2, 0.25) is 0 Å². The van der Waals surface area contributed by atoms with Crippen LogP contribution in [0.1, 0.15) is 37.2 Å². The van der Waals surface area contributed by atoms with Crippen LogP contribution in [-0.4, -0.2) is 6.54 Å². The fraction of sp³-hybridized carbons (Fsp3) is 0.538. The van der Waals surface area contributed by atoms with Crippen LogP contribution in [0.25, 0.3) is 0 Å². The van der Waals surface area contributed by atoms with E-state index in [1.807, 2.05) is 0 Å². The van der Waals surface area contributed by atoms with Gasteiger partial charge in [-0.1, -0.05) is 43.2 Å². The van der Waals surface area contributed by atoms with Crippen LogP contribution in [0.3, 0.4) is 0 Å². The summed E-state index contributed by atoms with van der Waals surface area (Å²) in [6.45, 7) is 0.847. The van der Waals surface area contributed by atoms with E-state index in [0.717, 1.165) is 12.5 Å². The normalized spacial score (nSPS) is 27.5. The zero-order valence-electron chi connectivity index (χ0n) is 8.65. The van der Waals surface area contributed by atoms with E-state index >= 15 is 0 Å². The van der Waals surface area contributed by atoms with Crippen molar-refractivity contribution in [2.45, 2.75) is 31.6 Å². The average Bonchev–Trinajstić information content (AvgIpc) is 2.30. The summed E-state index contributed by atoms with van der Waals surface area (Å²) in [6.07, 6.45) is 5.38. The quantitative estimate of drug-likeness (QED) is 0.760. The molecule has 2 N–H and O–H groups in total. The molecular formula is C13H19N. The van der Waals surface area contributed by atoms with Gasteiger partial charge in [-0.25, -0.2) is 0 Å². The van der Waals surface area contributed by atoms with E-state index in [9.17, 15) is 0 Å². The smallest absolute Gasteiger partial charge is 0.00430 e. The van der Waals surface area contributed by atoms with Gasteiger partial charge in [-0.2, -0.15) is 0 Å². The predicted molar refractivity (Wildman–Crippen MR) is 60.2 cm³/mol. The molecule has 0 amide bonds. The molecule has 1 aromatic carbocycles. The lowest BCUT2D eigenvalue weighted by Crippen LogP contribution is -2.25. The van der Waals surface area contributed by atoms with Crippen molar-refractivity contribution >= 4 is 0 Å². The summed E-state index contributed by atoms with van der Waals surface area (Å²) in [5.74, 6) is 1.43. The maximum absolute atomic E-state index is 5.83. The van der Waals surface area contributed by atoms with Crippen LogP contribution in [0.15, 0.2) is 30.3 Å². The first-order valence-corrected chi connectivity index (χ1v) is 5.67. The second kappa shape index (κ2) is 4.61. The molecule has 0 aliphatic heterocycles. The highest BCUT2D eigenvalue weighted by atomic mass is 14.6. The largest absolute Gasteiger partial charge is 0.330 e. The molecule has 0 heterocycles. The molecule has 2 unspecified atom stereocenters. The van der Waals surface area contributed by atoms with Gasteiger partial charge in [0, 0.05) is 0 Å². The molecule has 2 atom stereocenters. The van der Waals surface area contributed by atoms with E-state index in [0.29, 0.717) is 5.92 Å². The van der Waals surface area contributed by atoms with Gasteiger partial charge in [0.25, 0.3) is 0 Å². The third-order valence-corrected chi connectivity index (χ3v) is 3.44. The summed E-state index contributed by atoms with van der Waals surface area (Å²) in [4.78, 5) is 0. The summed E-state index contributed by atoms with van der Waals surface area (Å²) in [6, 6.07) is 10.9. The van der Waals surface area contributed by atoms with E-state index in [-0.39, 0.29) is 0 Å². The molecule has 1 nitrogen and oxygen atoms in total. The summed E-state index contributed by atoms with van der Waals surface area (Å²) in [5, 5.41) is 0. The van der Waals surface area contributed by atoms with Crippen LogP contribution in [-0.2, 0) is 0 Å². The van der Waals surface area contributed by atoms with Crippen LogP contribution in [0, 0.1) is 5.92 Å². The van der Waals surface area contributed by atoms with Gasteiger partial charge in [-0.05, 0) is 36.8 Å². The molecular weight excluding hydrogens is 170 g/mol. The Bertz CT molecular complexity index is 268. The first kappa shape index (κ1) is 9.72. The Morgan fingerprint density at radius 3 is 2.50 bits per heavy atom. The maximum atomic E-state index is 5.83. The van der Waals surface area contributed by atoms with Gasteiger partial charge in [-0.15, -0.1) is 0 Å². The molecule has 1 heteroatoms. The second-order valence-electron chi connectivity index (χ2n) is 4.30. The highest BCUT2D eigenvalue weighted by Crippen LogP contribution is 2.36. The molecule has 2 rings (SSSR count). The third-order valence-electron chi connectivity index (χ3n) is 3.44. The minimum atomic E-state index is 0.714. The molecule has 0 spiro atoms. The molecule has 1 aromatic rings.